The van der Waals surface area contributed by atoms with Gasteiger partial charge in [-0.1, -0.05) is 35.8 Å². The summed E-state index contributed by atoms with van der Waals surface area (Å²) in [5, 5.41) is 6.93. The summed E-state index contributed by atoms with van der Waals surface area (Å²) in [5.41, 5.74) is 6.10. The number of benzene rings is 1. The summed E-state index contributed by atoms with van der Waals surface area (Å²) in [6.07, 6.45) is 0.675. The second kappa shape index (κ2) is 8.47. The minimum absolute atomic E-state index is 0.185. The van der Waals surface area contributed by atoms with Gasteiger partial charge in [0.2, 0.25) is 11.8 Å². The largest absolute Gasteiger partial charge is 0.360 e. The molecule has 1 atom stereocenters. The van der Waals surface area contributed by atoms with E-state index in [2.05, 4.69) is 21.3 Å². The molecule has 1 aromatic heterocycles. The van der Waals surface area contributed by atoms with Crippen LogP contribution < -0.4 is 16.2 Å². The van der Waals surface area contributed by atoms with Gasteiger partial charge in [-0.25, -0.2) is 5.43 Å². The normalized spacial score (nSPS) is 11.8. The van der Waals surface area contributed by atoms with Crippen LogP contribution in [-0.2, 0) is 16.0 Å². The van der Waals surface area contributed by atoms with Gasteiger partial charge < -0.3 is 9.84 Å². The number of hydrogen-bond acceptors (Lipinski definition) is 5. The maximum Gasteiger partial charge on any atom is 0.244 e. The van der Waals surface area contributed by atoms with Crippen molar-refractivity contribution in [2.24, 2.45) is 0 Å². The molecule has 7 nitrogen and oxygen atoms in total. The molecule has 0 aliphatic heterocycles. The van der Waals surface area contributed by atoms with E-state index in [9.17, 15) is 9.59 Å². The Balaban J connectivity index is 1.82. The van der Waals surface area contributed by atoms with Crippen LogP contribution in [0.2, 0.25) is 5.02 Å². The van der Waals surface area contributed by atoms with E-state index in [0.717, 1.165) is 5.56 Å². The van der Waals surface area contributed by atoms with Gasteiger partial charge in [0.05, 0.1) is 6.42 Å². The van der Waals surface area contributed by atoms with E-state index in [4.69, 9.17) is 16.1 Å². The van der Waals surface area contributed by atoms with Gasteiger partial charge in [-0.15, -0.1) is 0 Å². The maximum atomic E-state index is 12.1. The van der Waals surface area contributed by atoms with Crippen LogP contribution in [0, 0.1) is 6.92 Å². The molecule has 2 amide bonds. The van der Waals surface area contributed by atoms with E-state index in [-0.39, 0.29) is 18.2 Å². The standard InChI is InChI=1S/C16H19ClN4O3/c1-3-13(16(23)18-14-8-10(2)24-21-14)19-20-15(22)9-11-4-6-12(17)7-5-11/h4-8,13,19H,3,9H2,1-2H3,(H,20,22)(H,18,21,23)/t13-/m0/s1. The zero-order valence-corrected chi connectivity index (χ0v) is 14.2. The highest BCUT2D eigenvalue weighted by molar-refractivity contribution is 6.30. The van der Waals surface area contributed by atoms with E-state index < -0.39 is 6.04 Å². The molecule has 1 aromatic carbocycles. The minimum atomic E-state index is -0.587. The third-order valence-corrected chi connectivity index (χ3v) is 3.52. The number of halogens is 1. The number of amides is 2. The van der Waals surface area contributed by atoms with E-state index in [0.29, 0.717) is 23.0 Å². The van der Waals surface area contributed by atoms with E-state index in [1.807, 2.05) is 6.92 Å². The first-order valence-electron chi connectivity index (χ1n) is 7.51. The fourth-order valence-corrected chi connectivity index (χ4v) is 2.12. The van der Waals surface area contributed by atoms with Gasteiger partial charge in [-0.3, -0.25) is 15.0 Å². The highest BCUT2D eigenvalue weighted by atomic mass is 35.5. The lowest BCUT2D eigenvalue weighted by Gasteiger charge is -2.16. The lowest BCUT2D eigenvalue weighted by atomic mass is 10.1. The van der Waals surface area contributed by atoms with Crippen molar-refractivity contribution in [1.82, 2.24) is 16.0 Å². The van der Waals surface area contributed by atoms with Gasteiger partial charge >= 0.3 is 0 Å². The number of hydrazine groups is 1. The molecule has 8 heteroatoms. The van der Waals surface area contributed by atoms with Crippen molar-refractivity contribution in [2.75, 3.05) is 5.32 Å². The molecule has 0 saturated heterocycles. The first kappa shape index (κ1) is 18.0. The Morgan fingerprint density at radius 3 is 2.58 bits per heavy atom. The highest BCUT2D eigenvalue weighted by Gasteiger charge is 2.18. The number of nitrogens with zero attached hydrogens (tertiary/aromatic N) is 1. The third kappa shape index (κ3) is 5.36. The van der Waals surface area contributed by atoms with Crippen LogP contribution in [0.4, 0.5) is 5.82 Å². The summed E-state index contributed by atoms with van der Waals surface area (Å²) in [6, 6.07) is 8.03. The average molecular weight is 351 g/mol. The molecule has 0 saturated carbocycles. The molecule has 0 radical (unpaired) electrons. The van der Waals surface area contributed by atoms with Gasteiger partial charge in [0.15, 0.2) is 5.82 Å². The minimum Gasteiger partial charge on any atom is -0.360 e. The lowest BCUT2D eigenvalue weighted by Crippen LogP contribution is -2.50. The van der Waals surface area contributed by atoms with Crippen molar-refractivity contribution in [3.63, 3.8) is 0 Å². The molecule has 128 valence electrons. The van der Waals surface area contributed by atoms with E-state index in [1.54, 1.807) is 37.3 Å². The number of hydrogen-bond donors (Lipinski definition) is 3. The number of aromatic nitrogens is 1. The Morgan fingerprint density at radius 1 is 1.29 bits per heavy atom. The molecule has 0 fully saturated rings. The van der Waals surface area contributed by atoms with Crippen molar-refractivity contribution in [3.05, 3.63) is 46.7 Å². The quantitative estimate of drug-likeness (QED) is 0.665. The molecule has 0 spiro atoms. The smallest absolute Gasteiger partial charge is 0.244 e. The molecule has 0 aliphatic rings. The van der Waals surface area contributed by atoms with Crippen molar-refractivity contribution in [3.8, 4) is 0 Å². The van der Waals surface area contributed by atoms with Crippen molar-refractivity contribution < 1.29 is 14.1 Å². The number of nitrogens with one attached hydrogen (secondary N) is 3. The van der Waals surface area contributed by atoms with Crippen molar-refractivity contribution in [1.29, 1.82) is 0 Å². The van der Waals surface area contributed by atoms with Gasteiger partial charge in [0, 0.05) is 11.1 Å². The average Bonchev–Trinajstić information content (AvgIpc) is 2.95. The second-order valence-corrected chi connectivity index (χ2v) is 5.71. The van der Waals surface area contributed by atoms with Crippen LogP contribution in [0.3, 0.4) is 0 Å². The third-order valence-electron chi connectivity index (χ3n) is 3.27. The molecule has 2 aromatic rings. The topological polar surface area (TPSA) is 96.3 Å². The summed E-state index contributed by atoms with van der Waals surface area (Å²) >= 11 is 5.80. The summed E-state index contributed by atoms with van der Waals surface area (Å²) < 4.78 is 4.89. The summed E-state index contributed by atoms with van der Waals surface area (Å²) in [7, 11) is 0. The first-order chi connectivity index (χ1) is 11.5. The predicted molar refractivity (Wildman–Crippen MR) is 90.4 cm³/mol. The molecular weight excluding hydrogens is 332 g/mol. The van der Waals surface area contributed by atoms with Crippen LogP contribution in [0.1, 0.15) is 24.7 Å². The van der Waals surface area contributed by atoms with Gasteiger partial charge in [-0.2, -0.15) is 0 Å². The van der Waals surface area contributed by atoms with Crippen LogP contribution in [-0.4, -0.2) is 23.0 Å². The second-order valence-electron chi connectivity index (χ2n) is 5.27. The number of aryl methyl sites for hydroxylation is 1. The molecule has 3 N–H and O–H groups in total. The number of anilines is 1. The zero-order chi connectivity index (χ0) is 17.5. The monoisotopic (exact) mass is 350 g/mol. The summed E-state index contributed by atoms with van der Waals surface area (Å²) in [6.45, 7) is 3.56. The molecule has 0 aliphatic carbocycles. The highest BCUT2D eigenvalue weighted by Crippen LogP contribution is 2.10. The Hall–Kier alpha value is -2.38. The van der Waals surface area contributed by atoms with Crippen LogP contribution in [0.25, 0.3) is 0 Å². The SMILES string of the molecule is CC[C@H](NNC(=O)Cc1ccc(Cl)cc1)C(=O)Nc1cc(C)on1. The fourth-order valence-electron chi connectivity index (χ4n) is 1.99. The maximum absolute atomic E-state index is 12.1. The van der Waals surface area contributed by atoms with Crippen molar-refractivity contribution >= 4 is 29.2 Å². The van der Waals surface area contributed by atoms with Crippen molar-refractivity contribution in [2.45, 2.75) is 32.7 Å². The lowest BCUT2D eigenvalue weighted by molar-refractivity contribution is -0.122. The fraction of sp³-hybridized carbons (Fsp3) is 0.312. The Labute approximate surface area is 144 Å². The predicted octanol–water partition coefficient (Wildman–Crippen LogP) is 2.22. The molecule has 0 bridgehead atoms. The van der Waals surface area contributed by atoms with E-state index >= 15 is 0 Å². The molecular formula is C16H19ClN4O3. The number of rotatable bonds is 7. The summed E-state index contributed by atoms with van der Waals surface area (Å²) in [4.78, 5) is 24.1. The van der Waals surface area contributed by atoms with Crippen LogP contribution >= 0.6 is 11.6 Å². The van der Waals surface area contributed by atoms with Crippen LogP contribution in [0.15, 0.2) is 34.9 Å². The van der Waals surface area contributed by atoms with Gasteiger partial charge in [0.25, 0.3) is 0 Å². The number of carbonyl (C=O) groups is 2. The zero-order valence-electron chi connectivity index (χ0n) is 13.4. The Bertz CT molecular complexity index is 700. The molecule has 2 rings (SSSR count). The number of carbonyl (C=O) groups excluding carboxylic acids is 2. The molecule has 24 heavy (non-hydrogen) atoms. The Morgan fingerprint density at radius 2 is 2.00 bits per heavy atom. The Kier molecular flexibility index (Phi) is 6.34. The van der Waals surface area contributed by atoms with Gasteiger partial charge in [0.1, 0.15) is 11.8 Å². The first-order valence-corrected chi connectivity index (χ1v) is 7.88. The molecule has 0 unspecified atom stereocenters. The summed E-state index contributed by atoms with van der Waals surface area (Å²) in [5.74, 6) is 0.381. The van der Waals surface area contributed by atoms with Gasteiger partial charge in [-0.05, 0) is 31.0 Å². The van der Waals surface area contributed by atoms with Crippen LogP contribution in [0.5, 0.6) is 0 Å². The molecule has 1 heterocycles. The van der Waals surface area contributed by atoms with E-state index in [1.165, 1.54) is 0 Å².